The third-order valence-corrected chi connectivity index (χ3v) is 8.37. The summed E-state index contributed by atoms with van der Waals surface area (Å²) in [6.45, 7) is 0. The van der Waals surface area contributed by atoms with Crippen LogP contribution in [0.4, 0.5) is 4.79 Å². The molecule has 4 saturated carbocycles. The van der Waals surface area contributed by atoms with Gasteiger partial charge in [0.1, 0.15) is 5.75 Å². The zero-order valence-corrected chi connectivity index (χ0v) is 18.1. The van der Waals surface area contributed by atoms with Crippen LogP contribution in [-0.2, 0) is 0 Å². The molecule has 2 amide bonds. The summed E-state index contributed by atoms with van der Waals surface area (Å²) in [4.78, 5) is 23.8. The molecule has 0 radical (unpaired) electrons. The topological polar surface area (TPSA) is 87.7 Å². The van der Waals surface area contributed by atoms with Crippen molar-refractivity contribution in [2.24, 2.45) is 17.8 Å². The fourth-order valence-corrected chi connectivity index (χ4v) is 6.86. The van der Waals surface area contributed by atoms with E-state index in [-0.39, 0.29) is 29.3 Å². The fraction of sp³-hybridized carbons (Fsp3) is 0.680. The van der Waals surface area contributed by atoms with Crippen molar-refractivity contribution in [3.63, 3.8) is 0 Å². The molecule has 6 heteroatoms. The molecular formula is C25H34N2O4. The Morgan fingerprint density at radius 1 is 0.935 bits per heavy atom. The molecule has 5 rings (SSSR count). The molecule has 1 aromatic rings. The number of ether oxygens (including phenoxy) is 1. The normalized spacial score (nSPS) is 36.5. The average molecular weight is 427 g/mol. The minimum Gasteiger partial charge on any atom is -0.490 e. The first-order chi connectivity index (χ1) is 15.0. The van der Waals surface area contributed by atoms with Crippen molar-refractivity contribution in [3.05, 3.63) is 29.8 Å². The minimum atomic E-state index is -0.930. The maximum atomic E-state index is 12.8. The van der Waals surface area contributed by atoms with E-state index in [1.807, 2.05) is 0 Å². The van der Waals surface area contributed by atoms with Crippen LogP contribution in [0.5, 0.6) is 5.75 Å². The van der Waals surface area contributed by atoms with Crippen LogP contribution in [0, 0.1) is 17.8 Å². The monoisotopic (exact) mass is 426 g/mol. The third kappa shape index (κ3) is 4.53. The van der Waals surface area contributed by atoms with E-state index < -0.39 is 5.97 Å². The van der Waals surface area contributed by atoms with Gasteiger partial charge in [-0.2, -0.15) is 0 Å². The standard InChI is InChI=1S/C25H34N2O4/c28-23(29)18-3-7-21(8-4-18)31-22-9-5-20(6-10-22)26-24(30)27-25-12-11-17-2-1-16(14-25)13-19(17)15-25/h3-4,7-8,16-17,19-20,22H,1-2,5-6,9-15H2,(H,28,29)(H2,26,27,30). The second-order valence-corrected chi connectivity index (χ2v) is 10.4. The van der Waals surface area contributed by atoms with E-state index in [1.165, 1.54) is 38.5 Å². The van der Waals surface area contributed by atoms with E-state index in [1.54, 1.807) is 24.3 Å². The first-order valence-electron chi connectivity index (χ1n) is 12.1. The van der Waals surface area contributed by atoms with Crippen LogP contribution in [0.2, 0.25) is 0 Å². The van der Waals surface area contributed by atoms with Crippen molar-refractivity contribution in [1.82, 2.24) is 10.6 Å². The van der Waals surface area contributed by atoms with E-state index in [0.29, 0.717) is 5.75 Å². The first-order valence-corrected chi connectivity index (χ1v) is 12.1. The number of hydrogen-bond donors (Lipinski definition) is 3. The zero-order chi connectivity index (χ0) is 21.4. The zero-order valence-electron chi connectivity index (χ0n) is 18.1. The molecule has 0 heterocycles. The second kappa shape index (κ2) is 8.36. The number of carbonyl (C=O) groups is 2. The number of hydrogen-bond acceptors (Lipinski definition) is 3. The molecule has 0 saturated heterocycles. The Morgan fingerprint density at radius 3 is 2.45 bits per heavy atom. The van der Waals surface area contributed by atoms with Crippen LogP contribution in [0.3, 0.4) is 0 Å². The number of nitrogens with one attached hydrogen (secondary N) is 2. The summed E-state index contributed by atoms with van der Waals surface area (Å²) in [5.74, 6) is 2.33. The largest absolute Gasteiger partial charge is 0.490 e. The molecule has 4 atom stereocenters. The summed E-state index contributed by atoms with van der Waals surface area (Å²) in [5, 5.41) is 15.7. The molecule has 6 nitrogen and oxygen atoms in total. The number of benzene rings is 1. The van der Waals surface area contributed by atoms with E-state index in [0.717, 1.165) is 49.9 Å². The molecule has 0 aromatic heterocycles. The molecule has 4 aliphatic rings. The number of fused-ring (bicyclic) bond motifs is 2. The lowest BCUT2D eigenvalue weighted by atomic mass is 9.54. The van der Waals surface area contributed by atoms with Gasteiger partial charge in [-0.3, -0.25) is 0 Å². The summed E-state index contributed by atoms with van der Waals surface area (Å²) in [7, 11) is 0. The Kier molecular flexibility index (Phi) is 5.57. The van der Waals surface area contributed by atoms with Crippen molar-refractivity contribution in [3.8, 4) is 5.75 Å². The van der Waals surface area contributed by atoms with E-state index in [9.17, 15) is 9.59 Å². The van der Waals surface area contributed by atoms with Crippen LogP contribution >= 0.6 is 0 Å². The Bertz CT molecular complexity index is 813. The third-order valence-electron chi connectivity index (χ3n) is 8.37. The van der Waals surface area contributed by atoms with Gasteiger partial charge in [-0.05, 0) is 106 Å². The number of urea groups is 1. The van der Waals surface area contributed by atoms with Gasteiger partial charge in [-0.1, -0.05) is 6.42 Å². The van der Waals surface area contributed by atoms with Gasteiger partial charge >= 0.3 is 12.0 Å². The summed E-state index contributed by atoms with van der Waals surface area (Å²) >= 11 is 0. The number of rotatable bonds is 5. The van der Waals surface area contributed by atoms with E-state index >= 15 is 0 Å². The summed E-state index contributed by atoms with van der Waals surface area (Å²) in [6.07, 6.45) is 12.7. The van der Waals surface area contributed by atoms with E-state index in [4.69, 9.17) is 9.84 Å². The Labute approximate surface area is 184 Å². The second-order valence-electron chi connectivity index (χ2n) is 10.4. The molecule has 0 aliphatic heterocycles. The van der Waals surface area contributed by atoms with Gasteiger partial charge in [-0.15, -0.1) is 0 Å². The average Bonchev–Trinajstić information content (AvgIpc) is 2.74. The summed E-state index contributed by atoms with van der Waals surface area (Å²) < 4.78 is 6.02. The van der Waals surface area contributed by atoms with Gasteiger partial charge in [-0.25, -0.2) is 9.59 Å². The highest BCUT2D eigenvalue weighted by Gasteiger charge is 2.49. The molecular weight excluding hydrogens is 392 g/mol. The fourth-order valence-electron chi connectivity index (χ4n) is 6.86. The molecule has 0 spiro atoms. The first kappa shape index (κ1) is 20.7. The lowest BCUT2D eigenvalue weighted by molar-refractivity contribution is 0.00114. The highest BCUT2D eigenvalue weighted by atomic mass is 16.5. The molecule has 1 aromatic carbocycles. The predicted molar refractivity (Wildman–Crippen MR) is 117 cm³/mol. The number of carboxylic acid groups (broad SMARTS) is 1. The SMILES string of the molecule is O=C(NC1CCC(Oc2ccc(C(=O)O)cc2)CC1)NC12CCC3CCC(CC3C1)C2. The van der Waals surface area contributed by atoms with Crippen molar-refractivity contribution in [2.45, 2.75) is 88.3 Å². The molecule has 4 aliphatic carbocycles. The molecule has 31 heavy (non-hydrogen) atoms. The maximum Gasteiger partial charge on any atom is 0.335 e. The van der Waals surface area contributed by atoms with Gasteiger partial charge in [0.15, 0.2) is 0 Å². The minimum absolute atomic E-state index is 0.0204. The smallest absolute Gasteiger partial charge is 0.335 e. The Hall–Kier alpha value is -2.24. The van der Waals surface area contributed by atoms with Gasteiger partial charge in [0, 0.05) is 11.6 Å². The number of aromatic carboxylic acids is 1. The van der Waals surface area contributed by atoms with Crippen LogP contribution < -0.4 is 15.4 Å². The van der Waals surface area contributed by atoms with Crippen molar-refractivity contribution >= 4 is 12.0 Å². The van der Waals surface area contributed by atoms with Gasteiger partial charge in [0.25, 0.3) is 0 Å². The van der Waals surface area contributed by atoms with Crippen LogP contribution in [-0.4, -0.2) is 34.8 Å². The van der Waals surface area contributed by atoms with Crippen molar-refractivity contribution in [2.75, 3.05) is 0 Å². The van der Waals surface area contributed by atoms with Crippen LogP contribution in [0.25, 0.3) is 0 Å². The molecule has 4 unspecified atom stereocenters. The number of carboxylic acids is 1. The lowest BCUT2D eigenvalue weighted by Crippen LogP contribution is -2.60. The predicted octanol–water partition coefficient (Wildman–Crippen LogP) is 4.73. The van der Waals surface area contributed by atoms with Gasteiger partial charge < -0.3 is 20.5 Å². The maximum absolute atomic E-state index is 12.8. The number of amides is 2. The highest BCUT2D eigenvalue weighted by Crippen LogP contribution is 2.54. The van der Waals surface area contributed by atoms with Gasteiger partial charge in [0.05, 0.1) is 11.7 Å². The summed E-state index contributed by atoms with van der Waals surface area (Å²) in [6, 6.07) is 6.80. The van der Waals surface area contributed by atoms with Gasteiger partial charge in [0.2, 0.25) is 0 Å². The molecule has 3 bridgehead atoms. The Morgan fingerprint density at radius 2 is 1.71 bits per heavy atom. The van der Waals surface area contributed by atoms with Crippen molar-refractivity contribution in [1.29, 1.82) is 0 Å². The Balaban J connectivity index is 1.08. The van der Waals surface area contributed by atoms with Crippen LogP contribution in [0.1, 0.15) is 81.0 Å². The lowest BCUT2D eigenvalue weighted by Gasteiger charge is -2.55. The van der Waals surface area contributed by atoms with Crippen molar-refractivity contribution < 1.29 is 19.4 Å². The quantitative estimate of drug-likeness (QED) is 0.635. The van der Waals surface area contributed by atoms with Crippen LogP contribution in [0.15, 0.2) is 24.3 Å². The highest BCUT2D eigenvalue weighted by molar-refractivity contribution is 5.87. The molecule has 4 fully saturated rings. The number of carbonyl (C=O) groups excluding carboxylic acids is 1. The summed E-state index contributed by atoms with van der Waals surface area (Å²) in [5.41, 5.74) is 0.303. The molecule has 3 N–H and O–H groups in total. The van der Waals surface area contributed by atoms with E-state index in [2.05, 4.69) is 10.6 Å². The molecule has 168 valence electrons.